The van der Waals surface area contributed by atoms with Crippen molar-refractivity contribution in [1.82, 2.24) is 0 Å². The maximum absolute atomic E-state index is 12.7. The summed E-state index contributed by atoms with van der Waals surface area (Å²) in [4.78, 5) is 12.7. The van der Waals surface area contributed by atoms with E-state index in [4.69, 9.17) is 16.3 Å². The van der Waals surface area contributed by atoms with E-state index in [-0.39, 0.29) is 5.57 Å². The summed E-state index contributed by atoms with van der Waals surface area (Å²) in [5.74, 6) is 0.0636. The van der Waals surface area contributed by atoms with E-state index in [9.17, 15) is 10.1 Å². The van der Waals surface area contributed by atoms with Gasteiger partial charge < -0.3 is 10.1 Å². The van der Waals surface area contributed by atoms with Gasteiger partial charge in [0.15, 0.2) is 0 Å². The van der Waals surface area contributed by atoms with Gasteiger partial charge in [0.1, 0.15) is 24.0 Å². The summed E-state index contributed by atoms with van der Waals surface area (Å²) in [6, 6.07) is 27.1. The molecule has 4 aromatic carbocycles. The number of carbonyl (C=O) groups excluding carboxylic acids is 1. The third-order valence-corrected chi connectivity index (χ3v) is 6.04. The van der Waals surface area contributed by atoms with E-state index in [2.05, 4.69) is 23.5 Å². The molecule has 0 radical (unpaired) electrons. The summed E-state index contributed by atoms with van der Waals surface area (Å²) in [6.07, 6.45) is 1.51. The van der Waals surface area contributed by atoms with Gasteiger partial charge in [0, 0.05) is 5.69 Å². The van der Waals surface area contributed by atoms with Gasteiger partial charge in [-0.1, -0.05) is 72.3 Å². The topological polar surface area (TPSA) is 62.1 Å². The lowest BCUT2D eigenvalue weighted by molar-refractivity contribution is -0.112. The molecular formula is C29H23ClN2O2. The van der Waals surface area contributed by atoms with Crippen LogP contribution in [0.5, 0.6) is 5.75 Å². The third kappa shape index (κ3) is 5.11. The Bertz CT molecular complexity index is 1450. The predicted octanol–water partition coefficient (Wildman–Crippen LogP) is 7.23. The number of nitrogens with one attached hydrogen (secondary N) is 1. The Morgan fingerprint density at radius 2 is 1.79 bits per heavy atom. The van der Waals surface area contributed by atoms with Crippen molar-refractivity contribution in [1.29, 1.82) is 5.26 Å². The first-order chi connectivity index (χ1) is 16.5. The minimum atomic E-state index is -0.469. The van der Waals surface area contributed by atoms with Crippen molar-refractivity contribution in [2.24, 2.45) is 0 Å². The van der Waals surface area contributed by atoms with Gasteiger partial charge in [-0.2, -0.15) is 5.26 Å². The molecule has 1 N–H and O–H groups in total. The molecule has 0 aliphatic carbocycles. The lowest BCUT2D eigenvalue weighted by Crippen LogP contribution is -2.14. The molecule has 4 rings (SSSR count). The molecule has 0 aromatic heterocycles. The highest BCUT2D eigenvalue weighted by molar-refractivity contribution is 6.32. The third-order valence-electron chi connectivity index (χ3n) is 5.75. The van der Waals surface area contributed by atoms with Crippen molar-refractivity contribution in [3.8, 4) is 11.8 Å². The quantitative estimate of drug-likeness (QED) is 0.241. The SMILES string of the molecule is Cc1cccc(NC(=O)/C(C#N)=C/c2ccc(OCc3cccc4ccccc34)c(Cl)c2)c1C. The first kappa shape index (κ1) is 23.1. The fraction of sp³-hybridized carbons (Fsp3) is 0.103. The molecule has 4 nitrogen and oxygen atoms in total. The fourth-order valence-electron chi connectivity index (χ4n) is 3.69. The number of ether oxygens (including phenoxy) is 1. The van der Waals surface area contributed by atoms with Crippen molar-refractivity contribution in [2.75, 3.05) is 5.32 Å². The lowest BCUT2D eigenvalue weighted by Gasteiger charge is -2.11. The largest absolute Gasteiger partial charge is 0.487 e. The summed E-state index contributed by atoms with van der Waals surface area (Å²) >= 11 is 6.45. The van der Waals surface area contributed by atoms with Gasteiger partial charge in [-0.05, 0) is 71.1 Å². The Kier molecular flexibility index (Phi) is 6.96. The van der Waals surface area contributed by atoms with Crippen LogP contribution in [0.25, 0.3) is 16.8 Å². The summed E-state index contributed by atoms with van der Waals surface area (Å²) in [5.41, 5.74) is 4.39. The highest BCUT2D eigenvalue weighted by Crippen LogP contribution is 2.28. The fourth-order valence-corrected chi connectivity index (χ4v) is 3.93. The maximum atomic E-state index is 12.7. The van der Waals surface area contributed by atoms with E-state index < -0.39 is 5.91 Å². The Balaban J connectivity index is 1.49. The molecule has 0 saturated carbocycles. The number of carbonyl (C=O) groups is 1. The molecular weight excluding hydrogens is 444 g/mol. The normalized spacial score (nSPS) is 11.2. The highest BCUT2D eigenvalue weighted by atomic mass is 35.5. The van der Waals surface area contributed by atoms with Crippen LogP contribution in [0.4, 0.5) is 5.69 Å². The molecule has 0 saturated heterocycles. The molecule has 0 aliphatic heterocycles. The highest BCUT2D eigenvalue weighted by Gasteiger charge is 2.12. The van der Waals surface area contributed by atoms with E-state index in [0.29, 0.717) is 28.6 Å². The molecule has 0 spiro atoms. The molecule has 34 heavy (non-hydrogen) atoms. The van der Waals surface area contributed by atoms with E-state index in [1.807, 2.05) is 62.4 Å². The predicted molar refractivity (Wildman–Crippen MR) is 138 cm³/mol. The van der Waals surface area contributed by atoms with Crippen LogP contribution in [0.15, 0.2) is 84.4 Å². The minimum Gasteiger partial charge on any atom is -0.487 e. The van der Waals surface area contributed by atoms with Gasteiger partial charge in [0.05, 0.1) is 5.02 Å². The number of hydrogen-bond acceptors (Lipinski definition) is 3. The summed E-state index contributed by atoms with van der Waals surface area (Å²) < 4.78 is 5.97. The molecule has 4 aromatic rings. The van der Waals surface area contributed by atoms with Gasteiger partial charge in [0.2, 0.25) is 0 Å². The van der Waals surface area contributed by atoms with E-state index >= 15 is 0 Å². The van der Waals surface area contributed by atoms with Crippen molar-refractivity contribution >= 4 is 40.0 Å². The number of rotatable bonds is 6. The van der Waals surface area contributed by atoms with E-state index in [1.165, 1.54) is 6.08 Å². The lowest BCUT2D eigenvalue weighted by atomic mass is 10.1. The minimum absolute atomic E-state index is 0.0126. The van der Waals surface area contributed by atoms with E-state index in [1.54, 1.807) is 18.2 Å². The molecule has 1 amide bonds. The number of nitriles is 1. The molecule has 0 fully saturated rings. The molecule has 0 atom stereocenters. The van der Waals surface area contributed by atoms with Crippen molar-refractivity contribution in [3.05, 3.63) is 112 Å². The monoisotopic (exact) mass is 466 g/mol. The smallest absolute Gasteiger partial charge is 0.266 e. The summed E-state index contributed by atoms with van der Waals surface area (Å²) in [5, 5.41) is 15.0. The number of anilines is 1. The van der Waals surface area contributed by atoms with Crippen LogP contribution >= 0.6 is 11.6 Å². The van der Waals surface area contributed by atoms with Crippen LogP contribution in [0, 0.1) is 25.2 Å². The Morgan fingerprint density at radius 3 is 2.59 bits per heavy atom. The number of hydrogen-bond donors (Lipinski definition) is 1. The zero-order chi connectivity index (χ0) is 24.1. The van der Waals surface area contributed by atoms with Crippen molar-refractivity contribution < 1.29 is 9.53 Å². The van der Waals surface area contributed by atoms with Crippen LogP contribution < -0.4 is 10.1 Å². The van der Waals surface area contributed by atoms with Crippen LogP contribution in [0.3, 0.4) is 0 Å². The van der Waals surface area contributed by atoms with Gasteiger partial charge >= 0.3 is 0 Å². The molecule has 168 valence electrons. The standard InChI is InChI=1S/C29H23ClN2O2/c1-19-7-5-12-27(20(19)2)32-29(33)24(17-31)15-21-13-14-28(26(30)16-21)34-18-23-10-6-9-22-8-3-4-11-25(22)23/h3-16H,18H2,1-2H3,(H,32,33)/b24-15+. The number of halogens is 1. The second-order valence-corrected chi connectivity index (χ2v) is 8.40. The second kappa shape index (κ2) is 10.2. The van der Waals surface area contributed by atoms with Gasteiger partial charge in [-0.15, -0.1) is 0 Å². The molecule has 5 heteroatoms. The summed E-state index contributed by atoms with van der Waals surface area (Å²) in [7, 11) is 0. The molecule has 0 aliphatic rings. The number of aryl methyl sites for hydroxylation is 1. The van der Waals surface area contributed by atoms with Crippen molar-refractivity contribution in [2.45, 2.75) is 20.5 Å². The number of fused-ring (bicyclic) bond motifs is 1. The van der Waals surface area contributed by atoms with Gasteiger partial charge in [0.25, 0.3) is 5.91 Å². The maximum Gasteiger partial charge on any atom is 0.266 e. The van der Waals surface area contributed by atoms with E-state index in [0.717, 1.165) is 27.5 Å². The number of amides is 1. The molecule has 0 bridgehead atoms. The van der Waals surface area contributed by atoms with Crippen molar-refractivity contribution in [3.63, 3.8) is 0 Å². The average molecular weight is 467 g/mol. The number of benzene rings is 4. The van der Waals surface area contributed by atoms with Crippen LogP contribution in [0.2, 0.25) is 5.02 Å². The first-order valence-corrected chi connectivity index (χ1v) is 11.2. The first-order valence-electron chi connectivity index (χ1n) is 10.8. The number of nitrogens with zero attached hydrogens (tertiary/aromatic N) is 1. The molecule has 0 unspecified atom stereocenters. The van der Waals surface area contributed by atoms with Crippen LogP contribution in [-0.4, -0.2) is 5.91 Å². The van der Waals surface area contributed by atoms with Gasteiger partial charge in [-0.25, -0.2) is 0 Å². The Hall–Kier alpha value is -4.07. The zero-order valence-corrected chi connectivity index (χ0v) is 19.7. The Labute approximate surface area is 204 Å². The zero-order valence-electron chi connectivity index (χ0n) is 18.9. The summed E-state index contributed by atoms with van der Waals surface area (Å²) in [6.45, 7) is 4.27. The van der Waals surface area contributed by atoms with Crippen LogP contribution in [0.1, 0.15) is 22.3 Å². The van der Waals surface area contributed by atoms with Gasteiger partial charge in [-0.3, -0.25) is 4.79 Å². The second-order valence-electron chi connectivity index (χ2n) is 7.99. The average Bonchev–Trinajstić information content (AvgIpc) is 2.84. The molecule has 0 heterocycles. The Morgan fingerprint density at radius 1 is 1.03 bits per heavy atom. The van der Waals surface area contributed by atoms with Crippen LogP contribution in [-0.2, 0) is 11.4 Å².